The molecule has 0 radical (unpaired) electrons. The summed E-state index contributed by atoms with van der Waals surface area (Å²) >= 11 is 6.15. The van der Waals surface area contributed by atoms with Gasteiger partial charge in [-0.15, -0.1) is 0 Å². The zero-order chi connectivity index (χ0) is 11.1. The fourth-order valence-electron chi connectivity index (χ4n) is 1.97. The number of fused-ring (bicyclic) bond motifs is 1. The van der Waals surface area contributed by atoms with E-state index < -0.39 is 0 Å². The largest absolute Gasteiger partial charge is 0.379 e. The number of anilines is 2. The van der Waals surface area contributed by atoms with Gasteiger partial charge in [0.05, 0.1) is 23.2 Å². The maximum absolute atomic E-state index is 11.2. The number of hydrogen-bond donors (Lipinski definition) is 3. The summed E-state index contributed by atoms with van der Waals surface area (Å²) in [6.45, 7) is 1.93. The van der Waals surface area contributed by atoms with Gasteiger partial charge in [-0.3, -0.25) is 4.79 Å². The van der Waals surface area contributed by atoms with Gasteiger partial charge in [0, 0.05) is 18.8 Å². The monoisotopic (exact) mass is 237 g/mol. The Kier molecular flexibility index (Phi) is 2.26. The summed E-state index contributed by atoms with van der Waals surface area (Å²) in [4.78, 5) is 11.2. The van der Waals surface area contributed by atoms with Gasteiger partial charge in [0.2, 0.25) is 5.91 Å². The first-order chi connectivity index (χ1) is 7.72. The number of rotatable bonds is 2. The SMILES string of the molecule is O=C1Cc2cc(NC3CNC3)c(Cl)cc2N1. The van der Waals surface area contributed by atoms with Crippen molar-refractivity contribution in [1.82, 2.24) is 5.32 Å². The molecule has 5 heteroatoms. The van der Waals surface area contributed by atoms with Crippen molar-refractivity contribution in [3.05, 3.63) is 22.7 Å². The van der Waals surface area contributed by atoms with E-state index in [1.165, 1.54) is 0 Å². The summed E-state index contributed by atoms with van der Waals surface area (Å²) < 4.78 is 0. The molecular weight excluding hydrogens is 226 g/mol. The second-order valence-corrected chi connectivity index (χ2v) is 4.62. The van der Waals surface area contributed by atoms with E-state index in [9.17, 15) is 4.79 Å². The Labute approximate surface area is 98.4 Å². The quantitative estimate of drug-likeness (QED) is 0.725. The normalized spacial score (nSPS) is 18.9. The first-order valence-corrected chi connectivity index (χ1v) is 5.70. The number of amides is 1. The minimum Gasteiger partial charge on any atom is -0.379 e. The maximum atomic E-state index is 11.2. The van der Waals surface area contributed by atoms with E-state index in [4.69, 9.17) is 11.6 Å². The lowest BCUT2D eigenvalue weighted by molar-refractivity contribution is -0.115. The van der Waals surface area contributed by atoms with E-state index in [0.717, 1.165) is 30.0 Å². The van der Waals surface area contributed by atoms with Crippen LogP contribution in [0.2, 0.25) is 5.02 Å². The maximum Gasteiger partial charge on any atom is 0.228 e. The smallest absolute Gasteiger partial charge is 0.228 e. The summed E-state index contributed by atoms with van der Waals surface area (Å²) in [5.74, 6) is 0.0357. The van der Waals surface area contributed by atoms with Crippen LogP contribution in [0.4, 0.5) is 11.4 Å². The Morgan fingerprint density at radius 3 is 2.88 bits per heavy atom. The predicted molar refractivity (Wildman–Crippen MR) is 64.1 cm³/mol. The van der Waals surface area contributed by atoms with Crippen molar-refractivity contribution in [2.75, 3.05) is 23.7 Å². The Morgan fingerprint density at radius 2 is 2.19 bits per heavy atom. The zero-order valence-corrected chi connectivity index (χ0v) is 9.40. The van der Waals surface area contributed by atoms with Crippen LogP contribution in [0.5, 0.6) is 0 Å². The van der Waals surface area contributed by atoms with Crippen LogP contribution in [0.25, 0.3) is 0 Å². The molecule has 16 heavy (non-hydrogen) atoms. The minimum atomic E-state index is 0.0357. The van der Waals surface area contributed by atoms with Crippen LogP contribution in [-0.4, -0.2) is 25.0 Å². The molecule has 2 heterocycles. The fraction of sp³-hybridized carbons (Fsp3) is 0.364. The molecule has 3 rings (SSSR count). The standard InChI is InChI=1S/C11H12ClN3O/c12-8-3-9-6(2-11(16)15-9)1-10(8)14-7-4-13-5-7/h1,3,7,13-14H,2,4-5H2,(H,15,16). The lowest BCUT2D eigenvalue weighted by Crippen LogP contribution is -2.51. The summed E-state index contributed by atoms with van der Waals surface area (Å²) in [5.41, 5.74) is 2.78. The summed E-state index contributed by atoms with van der Waals surface area (Å²) in [7, 11) is 0. The molecule has 1 aromatic rings. The highest BCUT2D eigenvalue weighted by Crippen LogP contribution is 2.33. The highest BCUT2D eigenvalue weighted by atomic mass is 35.5. The topological polar surface area (TPSA) is 53.2 Å². The molecule has 1 saturated heterocycles. The third kappa shape index (κ3) is 1.64. The zero-order valence-electron chi connectivity index (χ0n) is 8.64. The molecule has 0 spiro atoms. The van der Waals surface area contributed by atoms with Gasteiger partial charge < -0.3 is 16.0 Å². The number of benzene rings is 1. The number of carbonyl (C=O) groups is 1. The average molecular weight is 238 g/mol. The fourth-order valence-corrected chi connectivity index (χ4v) is 2.19. The van der Waals surface area contributed by atoms with Gasteiger partial charge in [0.25, 0.3) is 0 Å². The molecular formula is C11H12ClN3O. The summed E-state index contributed by atoms with van der Waals surface area (Å²) in [5, 5.41) is 9.99. The van der Waals surface area contributed by atoms with Crippen molar-refractivity contribution in [1.29, 1.82) is 0 Å². The van der Waals surface area contributed by atoms with Crippen molar-refractivity contribution >= 4 is 28.9 Å². The molecule has 1 fully saturated rings. The molecule has 1 amide bonds. The van der Waals surface area contributed by atoms with Gasteiger partial charge in [0.15, 0.2) is 0 Å². The highest BCUT2D eigenvalue weighted by molar-refractivity contribution is 6.33. The van der Waals surface area contributed by atoms with Crippen LogP contribution in [0.15, 0.2) is 12.1 Å². The molecule has 0 atom stereocenters. The molecule has 1 aromatic carbocycles. The van der Waals surface area contributed by atoms with E-state index in [1.54, 1.807) is 0 Å². The van der Waals surface area contributed by atoms with Crippen LogP contribution in [0.1, 0.15) is 5.56 Å². The van der Waals surface area contributed by atoms with Crippen molar-refractivity contribution in [3.8, 4) is 0 Å². The van der Waals surface area contributed by atoms with E-state index in [0.29, 0.717) is 17.5 Å². The first kappa shape index (κ1) is 9.93. The Bertz CT molecular complexity index is 457. The van der Waals surface area contributed by atoms with Gasteiger partial charge in [-0.2, -0.15) is 0 Å². The molecule has 0 unspecified atom stereocenters. The van der Waals surface area contributed by atoms with Crippen molar-refractivity contribution in [3.63, 3.8) is 0 Å². The first-order valence-electron chi connectivity index (χ1n) is 5.32. The number of hydrogen-bond acceptors (Lipinski definition) is 3. The summed E-state index contributed by atoms with van der Waals surface area (Å²) in [6.07, 6.45) is 0.449. The molecule has 0 aliphatic carbocycles. The molecule has 0 saturated carbocycles. The second-order valence-electron chi connectivity index (χ2n) is 4.21. The highest BCUT2D eigenvalue weighted by Gasteiger charge is 2.22. The van der Waals surface area contributed by atoms with E-state index in [2.05, 4.69) is 16.0 Å². The van der Waals surface area contributed by atoms with Gasteiger partial charge in [-0.05, 0) is 17.7 Å². The molecule has 2 aliphatic heterocycles. The van der Waals surface area contributed by atoms with Gasteiger partial charge in [-0.25, -0.2) is 0 Å². The van der Waals surface area contributed by atoms with Crippen LogP contribution in [0.3, 0.4) is 0 Å². The number of halogens is 1. The van der Waals surface area contributed by atoms with E-state index in [1.807, 2.05) is 12.1 Å². The van der Waals surface area contributed by atoms with Crippen LogP contribution < -0.4 is 16.0 Å². The van der Waals surface area contributed by atoms with Crippen LogP contribution >= 0.6 is 11.6 Å². The molecule has 3 N–H and O–H groups in total. The van der Waals surface area contributed by atoms with Gasteiger partial charge in [0.1, 0.15) is 0 Å². The molecule has 2 aliphatic rings. The minimum absolute atomic E-state index is 0.0357. The van der Waals surface area contributed by atoms with Gasteiger partial charge in [-0.1, -0.05) is 11.6 Å². The van der Waals surface area contributed by atoms with Crippen LogP contribution in [0, 0.1) is 0 Å². The van der Waals surface area contributed by atoms with Crippen molar-refractivity contribution in [2.24, 2.45) is 0 Å². The van der Waals surface area contributed by atoms with Crippen molar-refractivity contribution in [2.45, 2.75) is 12.5 Å². The average Bonchev–Trinajstić information content (AvgIpc) is 2.50. The predicted octanol–water partition coefficient (Wildman–Crippen LogP) is 1.22. The molecule has 4 nitrogen and oxygen atoms in total. The van der Waals surface area contributed by atoms with Gasteiger partial charge >= 0.3 is 0 Å². The Balaban J connectivity index is 1.88. The second kappa shape index (κ2) is 3.64. The third-order valence-electron chi connectivity index (χ3n) is 2.96. The number of nitrogens with one attached hydrogen (secondary N) is 3. The van der Waals surface area contributed by atoms with E-state index >= 15 is 0 Å². The number of carbonyl (C=O) groups excluding carboxylic acids is 1. The molecule has 0 bridgehead atoms. The third-order valence-corrected chi connectivity index (χ3v) is 3.27. The molecule has 0 aromatic heterocycles. The Morgan fingerprint density at radius 1 is 1.38 bits per heavy atom. The molecule has 84 valence electrons. The summed E-state index contributed by atoms with van der Waals surface area (Å²) in [6, 6.07) is 4.23. The van der Waals surface area contributed by atoms with Crippen molar-refractivity contribution < 1.29 is 4.79 Å². The van der Waals surface area contributed by atoms with E-state index in [-0.39, 0.29) is 5.91 Å². The lowest BCUT2D eigenvalue weighted by Gasteiger charge is -2.29. The Hall–Kier alpha value is -1.26. The van der Waals surface area contributed by atoms with Crippen LogP contribution in [-0.2, 0) is 11.2 Å². The lowest BCUT2D eigenvalue weighted by atomic mass is 10.1.